The Morgan fingerprint density at radius 2 is 1.72 bits per heavy atom. The van der Waals surface area contributed by atoms with Crippen LogP contribution in [0.1, 0.15) is 16.7 Å². The molecule has 0 saturated carbocycles. The molecule has 0 amide bonds. The third-order valence-electron chi connectivity index (χ3n) is 2.73. The lowest BCUT2D eigenvalue weighted by Crippen LogP contribution is -2.01. The molecule has 1 N–H and O–H groups in total. The van der Waals surface area contributed by atoms with Crippen LogP contribution in [-0.2, 0) is 0 Å². The van der Waals surface area contributed by atoms with Crippen molar-refractivity contribution in [3.05, 3.63) is 51.9 Å². The third-order valence-corrected chi connectivity index (χ3v) is 2.93. The lowest BCUT2D eigenvalue weighted by atomic mass is 10.1. The number of aromatic nitrogens is 1. The van der Waals surface area contributed by atoms with Gasteiger partial charge in [-0.3, -0.25) is 0 Å². The zero-order valence-corrected chi connectivity index (χ0v) is 11.3. The van der Waals surface area contributed by atoms with Crippen molar-refractivity contribution in [2.24, 2.45) is 0 Å². The topological polar surface area (TPSA) is 24.9 Å². The molecule has 0 saturated heterocycles. The van der Waals surface area contributed by atoms with Gasteiger partial charge in [0.1, 0.15) is 0 Å². The predicted octanol–water partition coefficient (Wildman–Crippen LogP) is 4.54. The van der Waals surface area contributed by atoms with Gasteiger partial charge in [0.2, 0.25) is 0 Å². The Balaban J connectivity index is 2.40. The number of hydrogen-bond donors (Lipinski definition) is 1. The van der Waals surface area contributed by atoms with Crippen LogP contribution in [-0.4, -0.2) is 4.98 Å². The van der Waals surface area contributed by atoms with E-state index in [-0.39, 0.29) is 10.8 Å². The Bertz CT molecular complexity index is 573. The summed E-state index contributed by atoms with van der Waals surface area (Å²) in [5.74, 6) is -0.267. The van der Waals surface area contributed by atoms with Gasteiger partial charge in [-0.05, 0) is 38.0 Å². The molecule has 18 heavy (non-hydrogen) atoms. The molecule has 0 radical (unpaired) electrons. The minimum atomic E-state index is -0.457. The summed E-state index contributed by atoms with van der Waals surface area (Å²) in [6, 6.07) is 5.34. The first-order valence-corrected chi connectivity index (χ1v) is 6.01. The summed E-state index contributed by atoms with van der Waals surface area (Å²) < 4.78 is 13.7. The molecule has 0 aliphatic rings. The van der Waals surface area contributed by atoms with Crippen LogP contribution in [0.15, 0.2) is 24.4 Å². The molecular formula is C14H14ClFN2. The highest BCUT2D eigenvalue weighted by molar-refractivity contribution is 6.30. The van der Waals surface area contributed by atoms with Crippen LogP contribution < -0.4 is 5.32 Å². The Labute approximate surface area is 111 Å². The maximum Gasteiger partial charge on any atom is 0.167 e. The number of nitrogens with zero attached hydrogens (tertiary/aromatic N) is 1. The van der Waals surface area contributed by atoms with Gasteiger partial charge in [0.25, 0.3) is 0 Å². The highest BCUT2D eigenvalue weighted by Gasteiger charge is 2.09. The minimum Gasteiger partial charge on any atom is -0.337 e. The predicted molar refractivity (Wildman–Crippen MR) is 73.1 cm³/mol. The van der Waals surface area contributed by atoms with Crippen molar-refractivity contribution in [3.8, 4) is 0 Å². The largest absolute Gasteiger partial charge is 0.337 e. The van der Waals surface area contributed by atoms with Crippen molar-refractivity contribution < 1.29 is 4.39 Å². The van der Waals surface area contributed by atoms with Gasteiger partial charge in [0, 0.05) is 11.9 Å². The van der Waals surface area contributed by atoms with E-state index in [0.717, 1.165) is 16.8 Å². The van der Waals surface area contributed by atoms with E-state index in [1.165, 1.54) is 17.8 Å². The van der Waals surface area contributed by atoms with Crippen molar-refractivity contribution in [2.75, 3.05) is 5.32 Å². The Hall–Kier alpha value is -1.61. The van der Waals surface area contributed by atoms with Crippen LogP contribution in [0.4, 0.5) is 15.9 Å². The zero-order valence-electron chi connectivity index (χ0n) is 10.5. The van der Waals surface area contributed by atoms with E-state index in [1.807, 2.05) is 32.9 Å². The highest BCUT2D eigenvalue weighted by Crippen LogP contribution is 2.26. The van der Waals surface area contributed by atoms with Crippen LogP contribution in [0.5, 0.6) is 0 Å². The standard InChI is InChI=1S/C14H14ClFN2/c1-8-4-9(2)13(10(3)5-8)18-14-12(16)6-11(15)7-17-14/h4-7H,1-3H3,(H,17,18). The number of halogens is 2. The average molecular weight is 265 g/mol. The fourth-order valence-electron chi connectivity index (χ4n) is 2.00. The smallest absolute Gasteiger partial charge is 0.167 e. The van der Waals surface area contributed by atoms with Crippen LogP contribution in [0.2, 0.25) is 5.02 Å². The van der Waals surface area contributed by atoms with Crippen LogP contribution >= 0.6 is 11.6 Å². The zero-order chi connectivity index (χ0) is 13.3. The fraction of sp³-hybridized carbons (Fsp3) is 0.214. The molecule has 0 spiro atoms. The summed E-state index contributed by atoms with van der Waals surface area (Å²) in [6.45, 7) is 6.00. The molecule has 0 fully saturated rings. The van der Waals surface area contributed by atoms with Crippen LogP contribution in [0.3, 0.4) is 0 Å². The van der Waals surface area contributed by atoms with E-state index >= 15 is 0 Å². The van der Waals surface area contributed by atoms with E-state index in [9.17, 15) is 4.39 Å². The van der Waals surface area contributed by atoms with Gasteiger partial charge in [-0.15, -0.1) is 0 Å². The second-order valence-electron chi connectivity index (χ2n) is 4.38. The molecule has 0 atom stereocenters. The van der Waals surface area contributed by atoms with Crippen molar-refractivity contribution in [2.45, 2.75) is 20.8 Å². The Kier molecular flexibility index (Phi) is 3.53. The molecule has 1 aromatic carbocycles. The molecule has 4 heteroatoms. The van der Waals surface area contributed by atoms with E-state index in [0.29, 0.717) is 0 Å². The van der Waals surface area contributed by atoms with E-state index in [4.69, 9.17) is 11.6 Å². The molecule has 2 aromatic rings. The van der Waals surface area contributed by atoms with Gasteiger partial charge in [-0.25, -0.2) is 9.37 Å². The molecule has 0 unspecified atom stereocenters. The molecule has 0 aliphatic heterocycles. The SMILES string of the molecule is Cc1cc(C)c(Nc2ncc(Cl)cc2F)c(C)c1. The van der Waals surface area contributed by atoms with E-state index in [2.05, 4.69) is 10.3 Å². The maximum atomic E-state index is 13.7. The lowest BCUT2D eigenvalue weighted by Gasteiger charge is -2.13. The molecule has 0 aliphatic carbocycles. The number of aryl methyl sites for hydroxylation is 3. The van der Waals surface area contributed by atoms with Gasteiger partial charge >= 0.3 is 0 Å². The third kappa shape index (κ3) is 2.62. The molecule has 2 nitrogen and oxygen atoms in total. The summed E-state index contributed by atoms with van der Waals surface area (Å²) in [7, 11) is 0. The normalized spacial score (nSPS) is 10.5. The molecular weight excluding hydrogens is 251 g/mol. The van der Waals surface area contributed by atoms with Gasteiger partial charge in [-0.1, -0.05) is 29.3 Å². The summed E-state index contributed by atoms with van der Waals surface area (Å²) in [4.78, 5) is 3.96. The number of anilines is 2. The van der Waals surface area contributed by atoms with Gasteiger partial charge in [0.05, 0.1) is 5.02 Å². The first-order chi connectivity index (χ1) is 8.47. The number of rotatable bonds is 2. The quantitative estimate of drug-likeness (QED) is 0.861. The Morgan fingerprint density at radius 3 is 2.28 bits per heavy atom. The minimum absolute atomic E-state index is 0.189. The van der Waals surface area contributed by atoms with Gasteiger partial charge < -0.3 is 5.32 Å². The maximum absolute atomic E-state index is 13.7. The molecule has 1 aromatic heterocycles. The van der Waals surface area contributed by atoms with E-state index in [1.54, 1.807) is 0 Å². The first-order valence-electron chi connectivity index (χ1n) is 5.63. The molecule has 1 heterocycles. The fourth-order valence-corrected chi connectivity index (χ4v) is 2.15. The highest BCUT2D eigenvalue weighted by atomic mass is 35.5. The second-order valence-corrected chi connectivity index (χ2v) is 4.82. The van der Waals surface area contributed by atoms with Crippen molar-refractivity contribution >= 4 is 23.1 Å². The lowest BCUT2D eigenvalue weighted by molar-refractivity contribution is 0.626. The van der Waals surface area contributed by atoms with Gasteiger partial charge in [-0.2, -0.15) is 0 Å². The summed E-state index contributed by atoms with van der Waals surface area (Å²) >= 11 is 5.67. The average Bonchev–Trinajstić information content (AvgIpc) is 2.25. The summed E-state index contributed by atoms with van der Waals surface area (Å²) in [5, 5.41) is 3.31. The number of pyridine rings is 1. The second kappa shape index (κ2) is 4.94. The van der Waals surface area contributed by atoms with Gasteiger partial charge in [0.15, 0.2) is 11.6 Å². The molecule has 2 rings (SSSR count). The van der Waals surface area contributed by atoms with E-state index < -0.39 is 5.82 Å². The van der Waals surface area contributed by atoms with Crippen molar-refractivity contribution in [1.82, 2.24) is 4.98 Å². The summed E-state index contributed by atoms with van der Waals surface area (Å²) in [6.07, 6.45) is 1.42. The molecule has 94 valence electrons. The van der Waals surface area contributed by atoms with Crippen LogP contribution in [0, 0.1) is 26.6 Å². The molecule has 0 bridgehead atoms. The van der Waals surface area contributed by atoms with Crippen molar-refractivity contribution in [1.29, 1.82) is 0 Å². The van der Waals surface area contributed by atoms with Crippen LogP contribution in [0.25, 0.3) is 0 Å². The number of benzene rings is 1. The summed E-state index contributed by atoms with van der Waals surface area (Å²) in [5.41, 5.74) is 4.18. The first kappa shape index (κ1) is 12.8. The number of hydrogen-bond acceptors (Lipinski definition) is 2. The number of nitrogens with one attached hydrogen (secondary N) is 1. The Morgan fingerprint density at radius 1 is 1.11 bits per heavy atom. The monoisotopic (exact) mass is 264 g/mol. The van der Waals surface area contributed by atoms with Crippen molar-refractivity contribution in [3.63, 3.8) is 0 Å².